The van der Waals surface area contributed by atoms with Crippen molar-refractivity contribution >= 4 is 16.8 Å². The van der Waals surface area contributed by atoms with E-state index in [4.69, 9.17) is 9.47 Å². The van der Waals surface area contributed by atoms with Crippen LogP contribution in [-0.4, -0.2) is 30.4 Å². The van der Waals surface area contributed by atoms with E-state index in [1.165, 1.54) is 11.2 Å². The van der Waals surface area contributed by atoms with E-state index in [2.05, 4.69) is 45.9 Å². The first-order chi connectivity index (χ1) is 14.6. The Kier molecular flexibility index (Phi) is 5.92. The van der Waals surface area contributed by atoms with Crippen molar-refractivity contribution in [2.24, 2.45) is 0 Å². The van der Waals surface area contributed by atoms with Gasteiger partial charge in [0.05, 0.1) is 25.9 Å². The maximum Gasteiger partial charge on any atom is 0.252 e. The molecule has 1 fully saturated rings. The number of fused-ring (bicyclic) bond motifs is 1. The van der Waals surface area contributed by atoms with Gasteiger partial charge in [0, 0.05) is 35.1 Å². The Labute approximate surface area is 176 Å². The van der Waals surface area contributed by atoms with Crippen LogP contribution >= 0.6 is 0 Å². The van der Waals surface area contributed by atoms with Crippen LogP contribution in [0, 0.1) is 0 Å². The molecule has 1 amide bonds. The van der Waals surface area contributed by atoms with Gasteiger partial charge in [0.1, 0.15) is 11.5 Å². The van der Waals surface area contributed by atoms with Crippen molar-refractivity contribution in [1.29, 1.82) is 0 Å². The summed E-state index contributed by atoms with van der Waals surface area (Å²) in [6, 6.07) is 15.6. The van der Waals surface area contributed by atoms with Gasteiger partial charge in [-0.1, -0.05) is 0 Å². The van der Waals surface area contributed by atoms with Crippen LogP contribution in [0.1, 0.15) is 42.4 Å². The van der Waals surface area contributed by atoms with Crippen molar-refractivity contribution in [3.8, 4) is 11.5 Å². The van der Waals surface area contributed by atoms with Gasteiger partial charge in [-0.15, -0.1) is 0 Å². The number of nitrogens with one attached hydrogen (secondary N) is 3. The van der Waals surface area contributed by atoms with Crippen LogP contribution in [-0.2, 0) is 6.54 Å². The number of aromatic nitrogens is 1. The number of hydrazine groups is 1. The number of aryl methyl sites for hydroxylation is 1. The Morgan fingerprint density at radius 3 is 2.57 bits per heavy atom. The fraction of sp³-hybridized carbons (Fsp3) is 0.348. The molecular weight excluding hydrogens is 380 g/mol. The van der Waals surface area contributed by atoms with E-state index >= 15 is 0 Å². The summed E-state index contributed by atoms with van der Waals surface area (Å²) in [5.41, 5.74) is 9.52. The third-order valence-corrected chi connectivity index (χ3v) is 5.45. The first-order valence-electron chi connectivity index (χ1n) is 10.3. The fourth-order valence-corrected chi connectivity index (χ4v) is 3.99. The zero-order chi connectivity index (χ0) is 21.1. The molecule has 2 unspecified atom stereocenters. The number of amides is 1. The number of ether oxygens (including phenoxy) is 2. The first kappa shape index (κ1) is 20.3. The normalized spacial score (nSPS) is 18.5. The maximum atomic E-state index is 12.6. The Morgan fingerprint density at radius 2 is 1.87 bits per heavy atom. The topological polar surface area (TPSA) is 76.5 Å². The summed E-state index contributed by atoms with van der Waals surface area (Å²) in [4.78, 5) is 12.6. The molecule has 0 radical (unpaired) electrons. The average Bonchev–Trinajstić information content (AvgIpc) is 3.37. The summed E-state index contributed by atoms with van der Waals surface area (Å²) in [6.45, 7) is 5.55. The van der Waals surface area contributed by atoms with E-state index in [-0.39, 0.29) is 18.1 Å². The Morgan fingerprint density at radius 1 is 1.10 bits per heavy atom. The van der Waals surface area contributed by atoms with Crippen molar-refractivity contribution in [2.45, 2.75) is 39.0 Å². The lowest BCUT2D eigenvalue weighted by atomic mass is 10.1. The SMILES string of the molecule is CCOc1ccc(C(=O)NC2CC(c3cc4cc(OC)ccc4n3CC)NN2)cc1. The quantitative estimate of drug-likeness (QED) is 0.559. The molecule has 0 spiro atoms. The zero-order valence-corrected chi connectivity index (χ0v) is 17.6. The Balaban J connectivity index is 1.46. The molecule has 4 rings (SSSR count). The largest absolute Gasteiger partial charge is 0.497 e. The van der Waals surface area contributed by atoms with E-state index in [0.717, 1.165) is 29.9 Å². The molecule has 1 aromatic heterocycles. The lowest BCUT2D eigenvalue weighted by Gasteiger charge is -2.14. The van der Waals surface area contributed by atoms with Crippen molar-refractivity contribution < 1.29 is 14.3 Å². The number of benzene rings is 2. The molecular formula is C23H28N4O3. The zero-order valence-electron chi connectivity index (χ0n) is 17.6. The summed E-state index contributed by atoms with van der Waals surface area (Å²) in [6.07, 6.45) is 0.586. The Hall–Kier alpha value is -3.03. The second-order valence-corrected chi connectivity index (χ2v) is 7.30. The van der Waals surface area contributed by atoms with E-state index in [9.17, 15) is 4.79 Å². The number of carbonyl (C=O) groups is 1. The van der Waals surface area contributed by atoms with Crippen LogP contribution in [0.2, 0.25) is 0 Å². The van der Waals surface area contributed by atoms with Crippen LogP contribution < -0.4 is 25.6 Å². The predicted octanol–water partition coefficient (Wildman–Crippen LogP) is 3.36. The Bertz CT molecular complexity index is 1030. The van der Waals surface area contributed by atoms with Gasteiger partial charge in [0.2, 0.25) is 0 Å². The van der Waals surface area contributed by atoms with Gasteiger partial charge in [-0.05, 0) is 62.4 Å². The number of methoxy groups -OCH3 is 1. The minimum atomic E-state index is -0.160. The number of carbonyl (C=O) groups excluding carboxylic acids is 1. The third-order valence-electron chi connectivity index (χ3n) is 5.45. The van der Waals surface area contributed by atoms with Crippen LogP contribution in [0.4, 0.5) is 0 Å². The second kappa shape index (κ2) is 8.77. The molecule has 3 N–H and O–H groups in total. The van der Waals surface area contributed by atoms with Crippen molar-refractivity contribution in [1.82, 2.24) is 20.7 Å². The minimum absolute atomic E-state index is 0.0916. The first-order valence-corrected chi connectivity index (χ1v) is 10.3. The maximum absolute atomic E-state index is 12.6. The molecule has 1 aliphatic heterocycles. The fourth-order valence-electron chi connectivity index (χ4n) is 3.99. The van der Waals surface area contributed by atoms with E-state index < -0.39 is 0 Å². The molecule has 0 saturated carbocycles. The highest BCUT2D eigenvalue weighted by Crippen LogP contribution is 2.30. The third kappa shape index (κ3) is 3.99. The smallest absolute Gasteiger partial charge is 0.252 e. The molecule has 30 heavy (non-hydrogen) atoms. The molecule has 158 valence electrons. The van der Waals surface area contributed by atoms with Crippen molar-refractivity contribution in [3.05, 3.63) is 59.8 Å². The number of rotatable bonds is 7. The predicted molar refractivity (Wildman–Crippen MR) is 117 cm³/mol. The van der Waals surface area contributed by atoms with E-state index in [1.54, 1.807) is 19.2 Å². The highest BCUT2D eigenvalue weighted by atomic mass is 16.5. The minimum Gasteiger partial charge on any atom is -0.497 e. The number of hydrogen-bond donors (Lipinski definition) is 3. The van der Waals surface area contributed by atoms with Crippen LogP contribution in [0.3, 0.4) is 0 Å². The van der Waals surface area contributed by atoms with Gasteiger partial charge < -0.3 is 19.4 Å². The lowest BCUT2D eigenvalue weighted by molar-refractivity contribution is 0.0932. The summed E-state index contributed by atoms with van der Waals surface area (Å²) < 4.78 is 13.1. The highest BCUT2D eigenvalue weighted by molar-refractivity contribution is 5.94. The van der Waals surface area contributed by atoms with Crippen molar-refractivity contribution in [3.63, 3.8) is 0 Å². The van der Waals surface area contributed by atoms with Crippen LogP contribution in [0.25, 0.3) is 10.9 Å². The summed E-state index contributed by atoms with van der Waals surface area (Å²) in [5, 5.41) is 4.20. The molecule has 0 bridgehead atoms. The molecule has 3 aromatic rings. The van der Waals surface area contributed by atoms with E-state index in [1.807, 2.05) is 25.1 Å². The molecule has 7 heteroatoms. The van der Waals surface area contributed by atoms with Gasteiger partial charge in [0.15, 0.2) is 0 Å². The van der Waals surface area contributed by atoms with Gasteiger partial charge in [-0.3, -0.25) is 4.79 Å². The lowest BCUT2D eigenvalue weighted by Crippen LogP contribution is -2.44. The van der Waals surface area contributed by atoms with Gasteiger partial charge >= 0.3 is 0 Å². The highest BCUT2D eigenvalue weighted by Gasteiger charge is 2.29. The average molecular weight is 409 g/mol. The number of nitrogens with zero attached hydrogens (tertiary/aromatic N) is 1. The monoisotopic (exact) mass is 408 g/mol. The molecule has 1 aliphatic rings. The second-order valence-electron chi connectivity index (χ2n) is 7.30. The molecule has 1 saturated heterocycles. The summed E-state index contributed by atoms with van der Waals surface area (Å²) in [7, 11) is 1.68. The molecule has 2 aromatic carbocycles. The summed E-state index contributed by atoms with van der Waals surface area (Å²) in [5.74, 6) is 1.50. The standard InChI is InChI=1S/C23H28N4O3/c1-4-27-20-11-10-18(29-3)12-16(20)13-21(27)19-14-22(26-25-19)24-23(28)15-6-8-17(9-7-15)30-5-2/h6-13,19,22,25-26H,4-5,14H2,1-3H3,(H,24,28). The van der Waals surface area contributed by atoms with Crippen LogP contribution in [0.5, 0.6) is 11.5 Å². The van der Waals surface area contributed by atoms with Gasteiger partial charge in [-0.2, -0.15) is 0 Å². The van der Waals surface area contributed by atoms with Crippen molar-refractivity contribution in [2.75, 3.05) is 13.7 Å². The molecule has 2 atom stereocenters. The van der Waals surface area contributed by atoms with Crippen LogP contribution in [0.15, 0.2) is 48.5 Å². The van der Waals surface area contributed by atoms with Gasteiger partial charge in [-0.25, -0.2) is 10.9 Å². The molecule has 0 aliphatic carbocycles. The van der Waals surface area contributed by atoms with E-state index in [0.29, 0.717) is 12.2 Å². The number of hydrogen-bond acceptors (Lipinski definition) is 5. The molecule has 2 heterocycles. The van der Waals surface area contributed by atoms with Gasteiger partial charge in [0.25, 0.3) is 5.91 Å². The molecule has 7 nitrogen and oxygen atoms in total. The summed E-state index contributed by atoms with van der Waals surface area (Å²) >= 11 is 0.